The predicted molar refractivity (Wildman–Crippen MR) is 430 cm³/mol. The molecular formula is C93H102N8O4+4. The Labute approximate surface area is 623 Å². The number of hydrogen-bond acceptors (Lipinski definition) is 8. The lowest BCUT2D eigenvalue weighted by Crippen LogP contribution is -2.32. The minimum Gasteiger partial charge on any atom is -0.437 e. The second-order valence-corrected chi connectivity index (χ2v) is 30.6. The third-order valence-corrected chi connectivity index (χ3v) is 20.5. The van der Waals surface area contributed by atoms with Crippen LogP contribution in [0.2, 0.25) is 0 Å². The Morgan fingerprint density at radius 2 is 0.638 bits per heavy atom. The number of fused-ring (bicyclic) bond motifs is 12. The summed E-state index contributed by atoms with van der Waals surface area (Å²) in [5.41, 5.74) is 30.2. The Balaban J connectivity index is 0.000000128. The summed E-state index contributed by atoms with van der Waals surface area (Å²) in [5, 5.41) is 8.49. The summed E-state index contributed by atoms with van der Waals surface area (Å²) in [6.45, 7) is 33.7. The minimum absolute atomic E-state index is 0.195. The maximum atomic E-state index is 8.56. The van der Waals surface area contributed by atoms with E-state index in [1.165, 1.54) is 67.2 Å². The molecule has 12 heteroatoms. The predicted octanol–water partition coefficient (Wildman–Crippen LogP) is 21.7. The Hall–Kier alpha value is -10.7. The largest absolute Gasteiger partial charge is 0.437 e. The van der Waals surface area contributed by atoms with Crippen LogP contribution in [-0.2, 0) is 47.5 Å². The average Bonchev–Trinajstić information content (AvgIpc) is 1.74. The van der Waals surface area contributed by atoms with Gasteiger partial charge in [0, 0.05) is 119 Å². The molecule has 12 heterocycles. The molecule has 0 bridgehead atoms. The van der Waals surface area contributed by atoms with Crippen LogP contribution in [0.15, 0.2) is 176 Å². The molecule has 16 rings (SSSR count). The lowest BCUT2D eigenvalue weighted by Gasteiger charge is -2.12. The number of benzene rings is 4. The van der Waals surface area contributed by atoms with E-state index in [-0.39, 0.29) is 5.56 Å². The van der Waals surface area contributed by atoms with Crippen molar-refractivity contribution in [3.63, 3.8) is 0 Å². The molecule has 0 saturated heterocycles. The first-order chi connectivity index (χ1) is 51.6. The van der Waals surface area contributed by atoms with Crippen molar-refractivity contribution in [1.29, 1.82) is 0 Å². The third-order valence-electron chi connectivity index (χ3n) is 20.5. The molecule has 0 unspecified atom stereocenters. The molecule has 0 N–H and O–H groups in total. The van der Waals surface area contributed by atoms with Gasteiger partial charge in [-0.3, -0.25) is 0 Å². The summed E-state index contributed by atoms with van der Waals surface area (Å²) in [6, 6.07) is 41.9. The van der Waals surface area contributed by atoms with Gasteiger partial charge < -0.3 is 17.7 Å². The van der Waals surface area contributed by atoms with Crippen LogP contribution in [0, 0.1) is 86.9 Å². The van der Waals surface area contributed by atoms with Gasteiger partial charge in [0.2, 0.25) is 45.6 Å². The summed E-state index contributed by atoms with van der Waals surface area (Å²) >= 11 is 0. The average molecular weight is 1400 g/mol. The molecule has 0 radical (unpaired) electrons. The van der Waals surface area contributed by atoms with Crippen molar-refractivity contribution in [2.75, 3.05) is 0 Å². The fraction of sp³-hybridized carbons (Fsp3) is 0.312. The van der Waals surface area contributed by atoms with Gasteiger partial charge in [-0.2, -0.15) is 0 Å². The van der Waals surface area contributed by atoms with Crippen molar-refractivity contribution in [2.24, 2.45) is 45.9 Å². The van der Waals surface area contributed by atoms with Crippen LogP contribution in [0.1, 0.15) is 145 Å². The number of pyridine rings is 8. The number of nitrogens with zero attached hydrogens (tertiary/aromatic N) is 8. The van der Waals surface area contributed by atoms with E-state index in [1.807, 2.05) is 80.9 Å². The van der Waals surface area contributed by atoms with E-state index >= 15 is 0 Å². The normalized spacial score (nSPS) is 12.6. The van der Waals surface area contributed by atoms with Gasteiger partial charge in [0.1, 0.15) is 28.2 Å². The van der Waals surface area contributed by atoms with Crippen LogP contribution >= 0.6 is 0 Å². The number of furan rings is 4. The molecule has 0 fully saturated rings. The molecular weight excluding hydrogens is 1290 g/mol. The third kappa shape index (κ3) is 14.3. The zero-order valence-electron chi connectivity index (χ0n) is 69.1. The molecule has 12 nitrogen and oxygen atoms in total. The first-order valence-corrected chi connectivity index (χ1v) is 36.8. The van der Waals surface area contributed by atoms with Gasteiger partial charge in [-0.05, 0) is 205 Å². The standard InChI is InChI=1S/C24H27N2O.3C23H25N2O/c1-14(2)11-18-13-26(6)21(12-16(18)4)22-15(3)7-9-19-20-10-8-17(5)25-24(20)27-23(19)22;1-13(2)19-11-20(25(6)12-15(19)4)21-14(3)7-9-17-18-10-8-16(5)24-23(18)26-22(17)21;2*1-14(2)11-17-13-25(5)20(12-16(17)4)21-15(3)8-9-18-19-7-6-10-24-23(19)26-22(18)21/h7-10,12-14H,11H2,1-6H3;7-13H,1-6H3;2*6-10,12-14H,11H2,1-5H3/q4*+1/i;4D3,13D;;. The number of aryl methyl sites for hydroxylation is 14. The summed E-state index contributed by atoms with van der Waals surface area (Å²) in [6.07, 6.45) is 15.3. The van der Waals surface area contributed by atoms with Crippen molar-refractivity contribution in [2.45, 2.75) is 150 Å². The topological polar surface area (TPSA) is 120 Å². The molecule has 16 aromatic rings. The van der Waals surface area contributed by atoms with Crippen molar-refractivity contribution in [3.8, 4) is 45.0 Å². The molecule has 105 heavy (non-hydrogen) atoms. The quantitative estimate of drug-likeness (QED) is 0.117. The van der Waals surface area contributed by atoms with E-state index in [9.17, 15) is 0 Å². The fourth-order valence-corrected chi connectivity index (χ4v) is 15.1. The zero-order chi connectivity index (χ0) is 78.1. The summed E-state index contributed by atoms with van der Waals surface area (Å²) in [5.74, 6) is 0.864. The van der Waals surface area contributed by atoms with E-state index in [4.69, 9.17) is 23.2 Å². The Morgan fingerprint density at radius 3 is 0.952 bits per heavy atom. The van der Waals surface area contributed by atoms with E-state index < -0.39 is 12.7 Å². The molecule has 4 aromatic carbocycles. The lowest BCUT2D eigenvalue weighted by atomic mass is 9.94. The number of aromatic nitrogens is 8. The van der Waals surface area contributed by atoms with E-state index in [0.29, 0.717) is 51.8 Å². The summed E-state index contributed by atoms with van der Waals surface area (Å²) < 4.78 is 65.7. The maximum absolute atomic E-state index is 8.56. The smallest absolute Gasteiger partial charge is 0.227 e. The van der Waals surface area contributed by atoms with Gasteiger partial charge in [-0.25, -0.2) is 38.2 Å². The van der Waals surface area contributed by atoms with E-state index in [2.05, 4.69) is 229 Å². The first-order valence-electron chi connectivity index (χ1n) is 38.8. The van der Waals surface area contributed by atoms with Gasteiger partial charge in [-0.15, -0.1) is 0 Å². The summed E-state index contributed by atoms with van der Waals surface area (Å²) in [7, 11) is 8.20. The summed E-state index contributed by atoms with van der Waals surface area (Å²) in [4.78, 5) is 17.9. The monoisotopic (exact) mass is 1400 g/mol. The Bertz CT molecular complexity index is 6040. The van der Waals surface area contributed by atoms with Crippen molar-refractivity contribution in [1.82, 2.24) is 19.9 Å². The van der Waals surface area contributed by atoms with Gasteiger partial charge >= 0.3 is 0 Å². The molecule has 0 amide bonds. The minimum atomic E-state index is -2.30. The molecule has 534 valence electrons. The highest BCUT2D eigenvalue weighted by molar-refractivity contribution is 6.12. The van der Waals surface area contributed by atoms with Gasteiger partial charge in [0.15, 0.2) is 47.1 Å². The van der Waals surface area contributed by atoms with E-state index in [1.54, 1.807) is 32.4 Å². The number of rotatable bonds is 11. The van der Waals surface area contributed by atoms with Crippen LogP contribution in [-0.4, -0.2) is 19.9 Å². The molecule has 12 aromatic heterocycles. The molecule has 0 aliphatic heterocycles. The van der Waals surface area contributed by atoms with Crippen LogP contribution in [0.25, 0.3) is 133 Å². The first kappa shape index (κ1) is 67.5. The van der Waals surface area contributed by atoms with E-state index in [0.717, 1.165) is 124 Å². The van der Waals surface area contributed by atoms with Crippen LogP contribution in [0.4, 0.5) is 0 Å². The maximum Gasteiger partial charge on any atom is 0.227 e. The highest BCUT2D eigenvalue weighted by Gasteiger charge is 2.28. The second kappa shape index (κ2) is 29.4. The molecule has 0 spiro atoms. The number of hydrogen-bond donors (Lipinski definition) is 0. The lowest BCUT2D eigenvalue weighted by molar-refractivity contribution is -0.661. The fourth-order valence-electron chi connectivity index (χ4n) is 15.1. The second-order valence-electron chi connectivity index (χ2n) is 30.6. The van der Waals surface area contributed by atoms with Crippen molar-refractivity contribution >= 4 is 88.3 Å². The zero-order valence-corrected chi connectivity index (χ0v) is 65.1. The highest BCUT2D eigenvalue weighted by atomic mass is 16.4. The molecule has 0 aliphatic rings. The van der Waals surface area contributed by atoms with Crippen LogP contribution in [0.3, 0.4) is 0 Å². The van der Waals surface area contributed by atoms with Gasteiger partial charge in [0.25, 0.3) is 0 Å². The molecule has 0 atom stereocenters. The van der Waals surface area contributed by atoms with Crippen LogP contribution < -0.4 is 18.3 Å². The van der Waals surface area contributed by atoms with Crippen molar-refractivity contribution in [3.05, 3.63) is 237 Å². The SMILES string of the molecule is Cc1cc(-c2c(C)ccc3c2oc2ncccc23)[n+](C)cc1CC(C)C.Cc1cc(-c2c(C)ccc3c2oc2ncccc23)[n+](C)cc1CC(C)C.Cc1ccc2c(n1)oc1c(-c3cc(C)c(CC(C)C)c[n+]3C)c(C)ccc12.[2H]C([2H])([2H])c1c[n+](C)c(-c2c(C)ccc3c2oc2nc(C)ccc23)cc1C([2H])(C)C. The van der Waals surface area contributed by atoms with Crippen LogP contribution in [0.5, 0.6) is 0 Å². The van der Waals surface area contributed by atoms with Crippen molar-refractivity contribution < 1.29 is 41.4 Å². The Morgan fingerprint density at radius 1 is 0.343 bits per heavy atom. The Kier molecular flexibility index (Phi) is 18.9. The molecule has 0 saturated carbocycles. The van der Waals surface area contributed by atoms with Gasteiger partial charge in [-0.1, -0.05) is 104 Å². The highest BCUT2D eigenvalue weighted by Crippen LogP contribution is 2.42. The molecule has 0 aliphatic carbocycles. The van der Waals surface area contributed by atoms with Gasteiger partial charge in [0.05, 0.1) is 22.3 Å².